The van der Waals surface area contributed by atoms with Gasteiger partial charge in [-0.05, 0) is 37.1 Å². The molecule has 1 aliphatic heterocycles. The Morgan fingerprint density at radius 3 is 2.90 bits per heavy atom. The summed E-state index contributed by atoms with van der Waals surface area (Å²) in [5.41, 5.74) is 1.50. The van der Waals surface area contributed by atoms with Crippen molar-refractivity contribution in [2.24, 2.45) is 0 Å². The fraction of sp³-hybridized carbons (Fsp3) is 0.467. The van der Waals surface area contributed by atoms with Crippen LogP contribution in [0.25, 0.3) is 0 Å². The van der Waals surface area contributed by atoms with Crippen LogP contribution in [0, 0.1) is 0 Å². The molecule has 1 aromatic rings. The van der Waals surface area contributed by atoms with Gasteiger partial charge in [-0.25, -0.2) is 4.79 Å². The molecule has 0 saturated carbocycles. The predicted molar refractivity (Wildman–Crippen MR) is 75.2 cm³/mol. The third-order valence-corrected chi connectivity index (χ3v) is 3.37. The largest absolute Gasteiger partial charge is 0.493 e. The number of hydrogen-bond acceptors (Lipinski definition) is 4. The summed E-state index contributed by atoms with van der Waals surface area (Å²) in [5.74, 6) is -0.774. The summed E-state index contributed by atoms with van der Waals surface area (Å²) in [6, 6.07) is 4.08. The van der Waals surface area contributed by atoms with E-state index >= 15 is 0 Å². The molecule has 0 saturated heterocycles. The van der Waals surface area contributed by atoms with Gasteiger partial charge in [0.15, 0.2) is 6.04 Å². The molecule has 0 spiro atoms. The molecule has 0 fully saturated rings. The number of benzene rings is 1. The highest BCUT2D eigenvalue weighted by Gasteiger charge is 2.26. The number of fused-ring (bicyclic) bond motifs is 1. The van der Waals surface area contributed by atoms with Gasteiger partial charge < -0.3 is 19.9 Å². The van der Waals surface area contributed by atoms with Crippen LogP contribution in [0.15, 0.2) is 18.2 Å². The van der Waals surface area contributed by atoms with E-state index in [9.17, 15) is 14.7 Å². The fourth-order valence-corrected chi connectivity index (χ4v) is 2.26. The highest BCUT2D eigenvalue weighted by molar-refractivity contribution is 5.86. The molecule has 6 nitrogen and oxygen atoms in total. The number of ether oxygens (including phenoxy) is 2. The molecule has 1 aromatic carbocycles. The first-order valence-electron chi connectivity index (χ1n) is 6.93. The second-order valence-electron chi connectivity index (χ2n) is 4.84. The number of aliphatic carboxylic acids is 1. The maximum absolute atomic E-state index is 11.9. The maximum atomic E-state index is 11.9. The van der Waals surface area contributed by atoms with Gasteiger partial charge in [-0.15, -0.1) is 0 Å². The van der Waals surface area contributed by atoms with Crippen LogP contribution in [0.1, 0.15) is 31.0 Å². The van der Waals surface area contributed by atoms with Gasteiger partial charge >= 0.3 is 5.97 Å². The molecule has 2 N–H and O–H groups in total. The van der Waals surface area contributed by atoms with Gasteiger partial charge in [0, 0.05) is 13.0 Å². The number of carboxylic acids is 1. The third kappa shape index (κ3) is 3.52. The lowest BCUT2D eigenvalue weighted by Crippen LogP contribution is -2.40. The zero-order valence-electron chi connectivity index (χ0n) is 12.1. The Bertz CT molecular complexity index is 543. The van der Waals surface area contributed by atoms with Crippen molar-refractivity contribution in [1.29, 1.82) is 0 Å². The number of carbonyl (C=O) groups is 2. The lowest BCUT2D eigenvalue weighted by atomic mass is 10.0. The third-order valence-electron chi connectivity index (χ3n) is 3.37. The lowest BCUT2D eigenvalue weighted by molar-refractivity contribution is -0.144. The number of carbonyl (C=O) groups excluding carboxylic acids is 1. The molecule has 0 aromatic heterocycles. The van der Waals surface area contributed by atoms with Crippen LogP contribution < -0.4 is 10.1 Å². The smallest absolute Gasteiger partial charge is 0.330 e. The van der Waals surface area contributed by atoms with Crippen LogP contribution in [-0.4, -0.2) is 36.3 Å². The minimum atomic E-state index is -1.11. The predicted octanol–water partition coefficient (Wildman–Crippen LogP) is 1.29. The zero-order chi connectivity index (χ0) is 15.4. The number of amides is 1. The minimum Gasteiger partial charge on any atom is -0.493 e. The van der Waals surface area contributed by atoms with Gasteiger partial charge in [0.2, 0.25) is 5.91 Å². The Labute approximate surface area is 123 Å². The van der Waals surface area contributed by atoms with Crippen molar-refractivity contribution >= 4 is 11.9 Å². The van der Waals surface area contributed by atoms with E-state index in [-0.39, 0.29) is 0 Å². The molecule has 6 heteroatoms. The van der Waals surface area contributed by atoms with E-state index in [2.05, 4.69) is 5.32 Å². The average molecular weight is 293 g/mol. The van der Waals surface area contributed by atoms with Gasteiger partial charge in [0.1, 0.15) is 11.9 Å². The first-order valence-corrected chi connectivity index (χ1v) is 6.93. The van der Waals surface area contributed by atoms with E-state index in [0.29, 0.717) is 18.8 Å². The highest BCUT2D eigenvalue weighted by atomic mass is 16.5. The van der Waals surface area contributed by atoms with Gasteiger partial charge in [-0.1, -0.05) is 6.07 Å². The fourth-order valence-electron chi connectivity index (χ4n) is 2.26. The van der Waals surface area contributed by atoms with Crippen molar-refractivity contribution in [3.63, 3.8) is 0 Å². The van der Waals surface area contributed by atoms with Crippen LogP contribution in [0.4, 0.5) is 0 Å². The van der Waals surface area contributed by atoms with Crippen molar-refractivity contribution < 1.29 is 24.2 Å². The molecule has 0 bridgehead atoms. The Hall–Kier alpha value is -2.08. The van der Waals surface area contributed by atoms with Crippen LogP contribution in [0.2, 0.25) is 0 Å². The number of rotatable bonds is 6. The topological polar surface area (TPSA) is 84.9 Å². The highest BCUT2D eigenvalue weighted by Crippen LogP contribution is 2.28. The summed E-state index contributed by atoms with van der Waals surface area (Å²) in [6.07, 6.45) is 0.0633. The molecule has 1 aliphatic rings. The Balaban J connectivity index is 2.16. The van der Waals surface area contributed by atoms with Gasteiger partial charge in [0.05, 0.1) is 6.61 Å². The second-order valence-corrected chi connectivity index (χ2v) is 4.84. The Kier molecular flexibility index (Phi) is 4.80. The Morgan fingerprint density at radius 1 is 1.48 bits per heavy atom. The molecule has 114 valence electrons. The molecule has 1 heterocycles. The monoisotopic (exact) mass is 293 g/mol. The first kappa shape index (κ1) is 15.3. The van der Waals surface area contributed by atoms with E-state index in [1.165, 1.54) is 0 Å². The van der Waals surface area contributed by atoms with E-state index in [0.717, 1.165) is 17.7 Å². The summed E-state index contributed by atoms with van der Waals surface area (Å²) in [6.45, 7) is 4.36. The molecule has 21 heavy (non-hydrogen) atoms. The number of hydrogen-bond donors (Lipinski definition) is 2. The Morgan fingerprint density at radius 2 is 2.24 bits per heavy atom. The van der Waals surface area contributed by atoms with Crippen LogP contribution in [0.3, 0.4) is 0 Å². The molecular weight excluding hydrogens is 274 g/mol. The maximum Gasteiger partial charge on any atom is 0.330 e. The molecule has 2 atom stereocenters. The van der Waals surface area contributed by atoms with E-state index < -0.39 is 24.0 Å². The first-order chi connectivity index (χ1) is 10.0. The van der Waals surface area contributed by atoms with E-state index in [4.69, 9.17) is 9.47 Å². The normalized spacial score (nSPS) is 15.7. The molecule has 2 unspecified atom stereocenters. The summed E-state index contributed by atoms with van der Waals surface area (Å²) in [7, 11) is 0. The van der Waals surface area contributed by atoms with Crippen molar-refractivity contribution in [3.05, 3.63) is 29.3 Å². The lowest BCUT2D eigenvalue weighted by Gasteiger charge is -2.18. The number of carboxylic acid groups (broad SMARTS) is 1. The van der Waals surface area contributed by atoms with Gasteiger partial charge in [0.25, 0.3) is 0 Å². The standard InChI is InChI=1S/C15H19NO5/c1-3-20-9(2)14(17)16-13(15(18)19)11-4-5-12-10(8-11)6-7-21-12/h4-5,8-9,13H,3,6-7H2,1-2H3,(H,16,17)(H,18,19). The molecular formula is C15H19NO5. The van der Waals surface area contributed by atoms with Gasteiger partial charge in [-0.2, -0.15) is 0 Å². The van der Waals surface area contributed by atoms with Gasteiger partial charge in [-0.3, -0.25) is 4.79 Å². The van der Waals surface area contributed by atoms with E-state index in [1.54, 1.807) is 32.0 Å². The summed E-state index contributed by atoms with van der Waals surface area (Å²) >= 11 is 0. The summed E-state index contributed by atoms with van der Waals surface area (Å²) in [5, 5.41) is 11.9. The van der Waals surface area contributed by atoms with Crippen molar-refractivity contribution in [2.45, 2.75) is 32.4 Å². The zero-order valence-corrected chi connectivity index (χ0v) is 12.1. The van der Waals surface area contributed by atoms with Crippen LogP contribution >= 0.6 is 0 Å². The van der Waals surface area contributed by atoms with Crippen molar-refractivity contribution in [2.75, 3.05) is 13.2 Å². The quantitative estimate of drug-likeness (QED) is 0.825. The summed E-state index contributed by atoms with van der Waals surface area (Å²) in [4.78, 5) is 23.4. The van der Waals surface area contributed by atoms with Crippen molar-refractivity contribution in [3.8, 4) is 5.75 Å². The molecule has 1 amide bonds. The molecule has 0 aliphatic carbocycles. The molecule has 0 radical (unpaired) electrons. The summed E-state index contributed by atoms with van der Waals surface area (Å²) < 4.78 is 10.6. The van der Waals surface area contributed by atoms with Crippen molar-refractivity contribution in [1.82, 2.24) is 5.32 Å². The number of nitrogens with one attached hydrogen (secondary N) is 1. The SMILES string of the molecule is CCOC(C)C(=O)NC(C(=O)O)c1ccc2c(c1)CCO2. The molecule has 2 rings (SSSR count). The minimum absolute atomic E-state index is 0.391. The average Bonchev–Trinajstić information content (AvgIpc) is 2.91. The van der Waals surface area contributed by atoms with E-state index in [1.807, 2.05) is 0 Å². The van der Waals surface area contributed by atoms with Crippen LogP contribution in [-0.2, 0) is 20.7 Å². The van der Waals surface area contributed by atoms with Crippen LogP contribution in [0.5, 0.6) is 5.75 Å². The second kappa shape index (κ2) is 6.58.